The molecule has 3 nitrogen and oxygen atoms in total. The number of nitrogens with zero attached hydrogens (tertiary/aromatic N) is 2. The van der Waals surface area contributed by atoms with E-state index in [0.29, 0.717) is 5.92 Å². The highest BCUT2D eigenvalue weighted by molar-refractivity contribution is 6.31. The molecular formula is C14H18ClN3. The van der Waals surface area contributed by atoms with Crippen LogP contribution in [0.1, 0.15) is 30.9 Å². The van der Waals surface area contributed by atoms with Crippen molar-refractivity contribution in [1.82, 2.24) is 9.78 Å². The molecule has 0 fully saturated rings. The fourth-order valence-electron chi connectivity index (χ4n) is 2.08. The van der Waals surface area contributed by atoms with Crippen molar-refractivity contribution in [2.24, 2.45) is 7.05 Å². The molecule has 2 N–H and O–H groups in total. The van der Waals surface area contributed by atoms with E-state index in [2.05, 4.69) is 18.9 Å². The molecule has 2 aromatic rings. The third-order valence-corrected chi connectivity index (χ3v) is 3.56. The zero-order valence-electron chi connectivity index (χ0n) is 11.2. The molecule has 0 saturated heterocycles. The molecule has 0 bridgehead atoms. The van der Waals surface area contributed by atoms with Crippen LogP contribution in [0.5, 0.6) is 0 Å². The number of benzene rings is 1. The number of nitrogen functional groups attached to an aromatic ring is 1. The first-order chi connectivity index (χ1) is 8.41. The third-order valence-electron chi connectivity index (χ3n) is 3.15. The second-order valence-corrected chi connectivity index (χ2v) is 5.30. The van der Waals surface area contributed by atoms with E-state index in [1.165, 1.54) is 0 Å². The van der Waals surface area contributed by atoms with E-state index < -0.39 is 0 Å². The summed E-state index contributed by atoms with van der Waals surface area (Å²) in [5.74, 6) is 1.05. The molecule has 1 aromatic heterocycles. The van der Waals surface area contributed by atoms with Crippen molar-refractivity contribution in [2.75, 3.05) is 5.73 Å². The summed E-state index contributed by atoms with van der Waals surface area (Å²) >= 11 is 6.18. The van der Waals surface area contributed by atoms with Crippen LogP contribution < -0.4 is 5.73 Å². The highest BCUT2D eigenvalue weighted by Crippen LogP contribution is 2.34. The Morgan fingerprint density at radius 2 is 2.00 bits per heavy atom. The first-order valence-electron chi connectivity index (χ1n) is 6.00. The summed E-state index contributed by atoms with van der Waals surface area (Å²) in [6.07, 6.45) is 0. The normalized spacial score (nSPS) is 11.2. The lowest BCUT2D eigenvalue weighted by Crippen LogP contribution is -2.00. The molecule has 0 atom stereocenters. The van der Waals surface area contributed by atoms with Gasteiger partial charge in [0.05, 0.1) is 5.69 Å². The third kappa shape index (κ3) is 2.10. The molecule has 1 heterocycles. The molecule has 1 aromatic carbocycles. The summed E-state index contributed by atoms with van der Waals surface area (Å²) in [6, 6.07) is 5.99. The van der Waals surface area contributed by atoms with E-state index in [9.17, 15) is 0 Å². The second kappa shape index (κ2) is 4.65. The number of nitrogens with two attached hydrogens (primary N) is 1. The summed E-state index contributed by atoms with van der Waals surface area (Å²) in [5, 5.41) is 5.26. The van der Waals surface area contributed by atoms with Gasteiger partial charge in [-0.1, -0.05) is 37.6 Å². The Morgan fingerprint density at radius 1 is 1.33 bits per heavy atom. The van der Waals surface area contributed by atoms with Gasteiger partial charge in [0.25, 0.3) is 0 Å². The average Bonchev–Trinajstić information content (AvgIpc) is 2.59. The van der Waals surface area contributed by atoms with Crippen LogP contribution in [0.3, 0.4) is 0 Å². The lowest BCUT2D eigenvalue weighted by atomic mass is 9.98. The molecule has 96 valence electrons. The van der Waals surface area contributed by atoms with Crippen LogP contribution in [0.15, 0.2) is 18.2 Å². The molecule has 4 heteroatoms. The van der Waals surface area contributed by atoms with Gasteiger partial charge < -0.3 is 5.73 Å². The topological polar surface area (TPSA) is 43.8 Å². The van der Waals surface area contributed by atoms with Crippen LogP contribution in [-0.2, 0) is 7.05 Å². The molecule has 18 heavy (non-hydrogen) atoms. The lowest BCUT2D eigenvalue weighted by Gasteiger charge is -2.08. The van der Waals surface area contributed by atoms with Crippen molar-refractivity contribution in [3.8, 4) is 11.3 Å². The first-order valence-corrected chi connectivity index (χ1v) is 6.38. The lowest BCUT2D eigenvalue weighted by molar-refractivity contribution is 0.780. The Hall–Kier alpha value is -1.48. The van der Waals surface area contributed by atoms with E-state index >= 15 is 0 Å². The van der Waals surface area contributed by atoms with E-state index in [0.717, 1.165) is 33.2 Å². The molecule has 0 spiro atoms. The van der Waals surface area contributed by atoms with Crippen LogP contribution in [0.25, 0.3) is 11.3 Å². The average molecular weight is 264 g/mol. The van der Waals surface area contributed by atoms with Crippen molar-refractivity contribution in [1.29, 1.82) is 0 Å². The monoisotopic (exact) mass is 263 g/mol. The van der Waals surface area contributed by atoms with E-state index in [4.69, 9.17) is 17.3 Å². The largest absolute Gasteiger partial charge is 0.384 e. The number of halogens is 1. The van der Waals surface area contributed by atoms with Crippen LogP contribution in [-0.4, -0.2) is 9.78 Å². The number of hydrogen-bond acceptors (Lipinski definition) is 2. The Labute approximate surface area is 113 Å². The summed E-state index contributed by atoms with van der Waals surface area (Å²) in [5.41, 5.74) is 10.2. The molecule has 0 saturated carbocycles. The maximum Gasteiger partial charge on any atom is 0.125 e. The Balaban J connectivity index is 2.63. The minimum absolute atomic E-state index is 0.328. The number of hydrogen-bond donors (Lipinski definition) is 1. The standard InChI is InChI=1S/C14H18ClN3/c1-8(2)12-13(17-18(4)14(12)16)10-6-5-9(3)11(15)7-10/h5-8H,16H2,1-4H3. The van der Waals surface area contributed by atoms with Gasteiger partial charge in [0, 0.05) is 23.2 Å². The molecular weight excluding hydrogens is 246 g/mol. The number of aromatic nitrogens is 2. The molecule has 0 amide bonds. The number of aryl methyl sites for hydroxylation is 2. The Morgan fingerprint density at radius 3 is 2.56 bits per heavy atom. The highest BCUT2D eigenvalue weighted by atomic mass is 35.5. The number of rotatable bonds is 2. The van der Waals surface area contributed by atoms with Crippen LogP contribution in [0, 0.1) is 6.92 Å². The van der Waals surface area contributed by atoms with Gasteiger partial charge in [0.15, 0.2) is 0 Å². The quantitative estimate of drug-likeness (QED) is 0.897. The van der Waals surface area contributed by atoms with Crippen molar-refractivity contribution < 1.29 is 0 Å². The maximum atomic E-state index is 6.18. The predicted octanol–water partition coefficient (Wildman–Crippen LogP) is 3.75. The molecule has 2 rings (SSSR count). The summed E-state index contributed by atoms with van der Waals surface area (Å²) in [7, 11) is 1.86. The van der Waals surface area contributed by atoms with Crippen LogP contribution in [0.4, 0.5) is 5.82 Å². The fourth-order valence-corrected chi connectivity index (χ4v) is 2.26. The van der Waals surface area contributed by atoms with E-state index in [1.807, 2.05) is 32.2 Å². The predicted molar refractivity (Wildman–Crippen MR) is 76.9 cm³/mol. The van der Waals surface area contributed by atoms with Crippen LogP contribution in [0.2, 0.25) is 5.02 Å². The second-order valence-electron chi connectivity index (χ2n) is 4.89. The SMILES string of the molecule is Cc1ccc(-c2nn(C)c(N)c2C(C)C)cc1Cl. The summed E-state index contributed by atoms with van der Waals surface area (Å²) in [4.78, 5) is 0. The van der Waals surface area contributed by atoms with Gasteiger partial charge in [0.1, 0.15) is 5.82 Å². The van der Waals surface area contributed by atoms with Gasteiger partial charge >= 0.3 is 0 Å². The van der Waals surface area contributed by atoms with Crippen molar-refractivity contribution in [3.63, 3.8) is 0 Å². The first kappa shape index (κ1) is 13.0. The van der Waals surface area contributed by atoms with Gasteiger partial charge in [-0.3, -0.25) is 4.68 Å². The van der Waals surface area contributed by atoms with E-state index in [-0.39, 0.29) is 0 Å². The zero-order chi connectivity index (χ0) is 13.4. The van der Waals surface area contributed by atoms with Crippen molar-refractivity contribution >= 4 is 17.4 Å². The summed E-state index contributed by atoms with van der Waals surface area (Å²) < 4.78 is 1.72. The van der Waals surface area contributed by atoms with Gasteiger partial charge in [-0.2, -0.15) is 5.10 Å². The maximum absolute atomic E-state index is 6.18. The Kier molecular flexibility index (Phi) is 3.35. The molecule has 0 aliphatic carbocycles. The minimum atomic E-state index is 0.328. The summed E-state index contributed by atoms with van der Waals surface area (Å²) in [6.45, 7) is 6.22. The van der Waals surface area contributed by atoms with E-state index in [1.54, 1.807) is 4.68 Å². The van der Waals surface area contributed by atoms with Gasteiger partial charge in [-0.05, 0) is 24.5 Å². The van der Waals surface area contributed by atoms with Gasteiger partial charge in [-0.25, -0.2) is 0 Å². The molecule has 0 aliphatic rings. The zero-order valence-corrected chi connectivity index (χ0v) is 11.9. The smallest absolute Gasteiger partial charge is 0.125 e. The van der Waals surface area contributed by atoms with Crippen LogP contribution >= 0.6 is 11.6 Å². The highest BCUT2D eigenvalue weighted by Gasteiger charge is 2.18. The van der Waals surface area contributed by atoms with Gasteiger partial charge in [0.2, 0.25) is 0 Å². The van der Waals surface area contributed by atoms with Gasteiger partial charge in [-0.15, -0.1) is 0 Å². The molecule has 0 unspecified atom stereocenters. The molecule has 0 aliphatic heterocycles. The van der Waals surface area contributed by atoms with Crippen molar-refractivity contribution in [3.05, 3.63) is 34.3 Å². The minimum Gasteiger partial charge on any atom is -0.384 e. The molecule has 0 radical (unpaired) electrons. The Bertz CT molecular complexity index is 585. The fraction of sp³-hybridized carbons (Fsp3) is 0.357. The van der Waals surface area contributed by atoms with Crippen molar-refractivity contribution in [2.45, 2.75) is 26.7 Å². The number of anilines is 1.